The van der Waals surface area contributed by atoms with Crippen molar-refractivity contribution in [3.63, 3.8) is 0 Å². The van der Waals surface area contributed by atoms with Gasteiger partial charge in [0, 0.05) is 16.1 Å². The Morgan fingerprint density at radius 2 is 1.73 bits per heavy atom. The summed E-state index contributed by atoms with van der Waals surface area (Å²) in [5.74, 6) is -0.819. The fraction of sp³-hybridized carbons (Fsp3) is 0.611. The van der Waals surface area contributed by atoms with Gasteiger partial charge in [-0.15, -0.1) is 13.2 Å². The van der Waals surface area contributed by atoms with Gasteiger partial charge < -0.3 is 14.8 Å². The number of amides is 1. The summed E-state index contributed by atoms with van der Waals surface area (Å²) in [5.41, 5.74) is -0.440. The normalized spacial score (nSPS) is 20.5. The zero-order valence-electron chi connectivity index (χ0n) is 16.7. The van der Waals surface area contributed by atoms with Gasteiger partial charge in [0.1, 0.15) is 11.0 Å². The second-order valence-electron chi connectivity index (χ2n) is 8.01. The Morgan fingerprint density at radius 1 is 1.13 bits per heavy atom. The van der Waals surface area contributed by atoms with Gasteiger partial charge in [0.25, 0.3) is 0 Å². The summed E-state index contributed by atoms with van der Waals surface area (Å²) >= 11 is 3.00. The number of sulfonamides is 1. The first kappa shape index (κ1) is 24.7. The molecule has 1 aliphatic carbocycles. The lowest BCUT2D eigenvalue weighted by Gasteiger charge is -2.30. The number of rotatable bonds is 5. The smallest absolute Gasteiger partial charge is 0.446 e. The molecule has 0 aromatic heterocycles. The van der Waals surface area contributed by atoms with E-state index in [1.807, 2.05) is 20.8 Å². The molecule has 0 unspecified atom stereocenters. The summed E-state index contributed by atoms with van der Waals surface area (Å²) in [6.45, 7) is 5.45. The average molecular weight is 517 g/mol. The Hall–Kier alpha value is -1.53. The summed E-state index contributed by atoms with van der Waals surface area (Å²) in [6, 6.07) is 2.80. The maximum absolute atomic E-state index is 12.7. The molecule has 12 heteroatoms. The largest absolute Gasteiger partial charge is 0.573 e. The van der Waals surface area contributed by atoms with Gasteiger partial charge in [0.15, 0.2) is 5.75 Å². The minimum absolute atomic E-state index is 0.242. The minimum atomic E-state index is -5.03. The van der Waals surface area contributed by atoms with Crippen molar-refractivity contribution < 1.29 is 35.9 Å². The van der Waals surface area contributed by atoms with E-state index < -0.39 is 44.7 Å². The number of alkyl halides is 3. The van der Waals surface area contributed by atoms with Gasteiger partial charge in [0.2, 0.25) is 10.0 Å². The van der Waals surface area contributed by atoms with E-state index in [1.165, 1.54) is 6.07 Å². The highest BCUT2D eigenvalue weighted by atomic mass is 79.9. The molecular formula is C18H24BrF3N2O5S. The first-order valence-corrected chi connectivity index (χ1v) is 11.5. The topological polar surface area (TPSA) is 93.7 Å². The molecule has 0 saturated heterocycles. The SMILES string of the molecule is CC(C)(C)NC(=O)OC1CCC(NS(=O)(=O)c2ccc(Br)cc2OC(F)(F)F)CC1. The molecule has 1 aliphatic rings. The van der Waals surface area contributed by atoms with Gasteiger partial charge >= 0.3 is 12.5 Å². The average Bonchev–Trinajstić information content (AvgIpc) is 2.53. The van der Waals surface area contributed by atoms with E-state index in [-0.39, 0.29) is 10.6 Å². The van der Waals surface area contributed by atoms with E-state index >= 15 is 0 Å². The molecule has 0 aliphatic heterocycles. The Balaban J connectivity index is 2.00. The Labute approximate surface area is 181 Å². The van der Waals surface area contributed by atoms with Gasteiger partial charge in [-0.3, -0.25) is 0 Å². The third-order valence-corrected chi connectivity index (χ3v) is 6.22. The van der Waals surface area contributed by atoms with Crippen molar-refractivity contribution in [3.8, 4) is 5.75 Å². The number of carbonyl (C=O) groups is 1. The summed E-state index contributed by atoms with van der Waals surface area (Å²) in [4.78, 5) is 11.2. The molecule has 30 heavy (non-hydrogen) atoms. The molecule has 170 valence electrons. The van der Waals surface area contributed by atoms with E-state index in [1.54, 1.807) is 0 Å². The second kappa shape index (κ2) is 9.31. The Kier molecular flexibility index (Phi) is 7.68. The van der Waals surface area contributed by atoms with Gasteiger partial charge in [-0.2, -0.15) is 0 Å². The summed E-state index contributed by atoms with van der Waals surface area (Å²) < 4.78 is 75.2. The molecule has 0 bridgehead atoms. The van der Waals surface area contributed by atoms with E-state index in [0.717, 1.165) is 12.1 Å². The molecule has 1 aromatic carbocycles. The zero-order chi connectivity index (χ0) is 22.7. The van der Waals surface area contributed by atoms with Gasteiger partial charge in [-0.25, -0.2) is 17.9 Å². The van der Waals surface area contributed by atoms with E-state index in [0.29, 0.717) is 25.7 Å². The predicted octanol–water partition coefficient (Wildman–Crippen LogP) is 4.46. The fourth-order valence-corrected chi connectivity index (χ4v) is 4.73. The molecule has 1 amide bonds. The van der Waals surface area contributed by atoms with E-state index in [2.05, 4.69) is 30.7 Å². The lowest BCUT2D eigenvalue weighted by atomic mass is 9.94. The van der Waals surface area contributed by atoms with Crippen LogP contribution in [-0.2, 0) is 14.8 Å². The van der Waals surface area contributed by atoms with Crippen LogP contribution in [0.4, 0.5) is 18.0 Å². The van der Waals surface area contributed by atoms with Crippen LogP contribution in [0.15, 0.2) is 27.6 Å². The molecule has 0 spiro atoms. The van der Waals surface area contributed by atoms with Gasteiger partial charge in [-0.05, 0) is 64.7 Å². The van der Waals surface area contributed by atoms with Crippen molar-refractivity contribution in [2.75, 3.05) is 0 Å². The standard InChI is InChI=1S/C18H24BrF3N2O5S/c1-17(2,3)23-16(25)28-13-7-5-12(6-8-13)24-30(26,27)15-9-4-11(19)10-14(15)29-18(20,21)22/h4,9-10,12-13,24H,5-8H2,1-3H3,(H,23,25). The monoisotopic (exact) mass is 516 g/mol. The van der Waals surface area contributed by atoms with Crippen LogP contribution in [0.3, 0.4) is 0 Å². The van der Waals surface area contributed by atoms with Crippen LogP contribution in [-0.4, -0.2) is 38.6 Å². The van der Waals surface area contributed by atoms with Crippen LogP contribution in [0, 0.1) is 0 Å². The maximum atomic E-state index is 12.7. The van der Waals surface area contributed by atoms with Crippen LogP contribution in [0.5, 0.6) is 5.75 Å². The molecule has 2 rings (SSSR count). The minimum Gasteiger partial charge on any atom is -0.446 e. The fourth-order valence-electron chi connectivity index (χ4n) is 2.98. The Morgan fingerprint density at radius 3 is 2.27 bits per heavy atom. The molecule has 7 nitrogen and oxygen atoms in total. The highest BCUT2D eigenvalue weighted by molar-refractivity contribution is 9.10. The first-order valence-electron chi connectivity index (χ1n) is 9.21. The molecule has 1 saturated carbocycles. The molecule has 0 radical (unpaired) electrons. The van der Waals surface area contributed by atoms with Crippen LogP contribution < -0.4 is 14.8 Å². The lowest BCUT2D eigenvalue weighted by molar-refractivity contribution is -0.275. The van der Waals surface area contributed by atoms with Crippen molar-refractivity contribution >= 4 is 32.0 Å². The Bertz CT molecular complexity index is 864. The molecule has 1 fully saturated rings. The number of ether oxygens (including phenoxy) is 2. The van der Waals surface area contributed by atoms with Crippen molar-refractivity contribution in [3.05, 3.63) is 22.7 Å². The number of halogens is 4. The number of benzene rings is 1. The van der Waals surface area contributed by atoms with Crippen LogP contribution in [0.25, 0.3) is 0 Å². The highest BCUT2D eigenvalue weighted by Gasteiger charge is 2.35. The number of alkyl carbamates (subject to hydrolysis) is 1. The number of carbonyl (C=O) groups excluding carboxylic acids is 1. The van der Waals surface area contributed by atoms with Gasteiger partial charge in [-0.1, -0.05) is 15.9 Å². The zero-order valence-corrected chi connectivity index (χ0v) is 19.1. The van der Waals surface area contributed by atoms with Gasteiger partial charge in [0.05, 0.1) is 0 Å². The second-order valence-corrected chi connectivity index (χ2v) is 10.6. The van der Waals surface area contributed by atoms with Crippen LogP contribution >= 0.6 is 15.9 Å². The van der Waals surface area contributed by atoms with Crippen molar-refractivity contribution in [1.82, 2.24) is 10.0 Å². The van der Waals surface area contributed by atoms with Crippen LogP contribution in [0.2, 0.25) is 0 Å². The number of hydrogen-bond donors (Lipinski definition) is 2. The third-order valence-electron chi connectivity index (χ3n) is 4.17. The van der Waals surface area contributed by atoms with Crippen LogP contribution in [0.1, 0.15) is 46.5 Å². The summed E-state index contributed by atoms with van der Waals surface area (Å²) in [6.07, 6.45) is -4.33. The molecular weight excluding hydrogens is 493 g/mol. The highest BCUT2D eigenvalue weighted by Crippen LogP contribution is 2.33. The molecule has 1 aromatic rings. The summed E-state index contributed by atoms with van der Waals surface area (Å²) in [5, 5.41) is 2.68. The maximum Gasteiger partial charge on any atom is 0.573 e. The van der Waals surface area contributed by atoms with Crippen molar-refractivity contribution in [1.29, 1.82) is 0 Å². The predicted molar refractivity (Wildman–Crippen MR) is 107 cm³/mol. The van der Waals surface area contributed by atoms with Crippen molar-refractivity contribution in [2.24, 2.45) is 0 Å². The number of hydrogen-bond acceptors (Lipinski definition) is 5. The quantitative estimate of drug-likeness (QED) is 0.602. The molecule has 2 N–H and O–H groups in total. The molecule has 0 atom stereocenters. The first-order chi connectivity index (χ1) is 13.6. The number of nitrogens with one attached hydrogen (secondary N) is 2. The summed E-state index contributed by atoms with van der Waals surface area (Å²) in [7, 11) is -4.26. The lowest BCUT2D eigenvalue weighted by Crippen LogP contribution is -2.44. The van der Waals surface area contributed by atoms with E-state index in [4.69, 9.17) is 4.74 Å². The third kappa shape index (κ3) is 7.95. The van der Waals surface area contributed by atoms with Crippen molar-refractivity contribution in [2.45, 2.75) is 75.4 Å². The molecule has 0 heterocycles. The van der Waals surface area contributed by atoms with E-state index in [9.17, 15) is 26.4 Å².